The van der Waals surface area contributed by atoms with Gasteiger partial charge < -0.3 is 10.2 Å². The minimum Gasteiger partial charge on any atom is -0.383 e. The molecule has 1 atom stereocenters. The fourth-order valence-corrected chi connectivity index (χ4v) is 2.63. The molecule has 0 saturated heterocycles. The maximum absolute atomic E-state index is 9.16. The van der Waals surface area contributed by atoms with Gasteiger partial charge in [-0.3, -0.25) is 0 Å². The molecular weight excluding hydrogens is 272 g/mol. The van der Waals surface area contributed by atoms with E-state index in [2.05, 4.69) is 49.2 Å². The molecule has 0 aliphatic rings. The normalized spacial score (nSPS) is 12.6. The number of hydrogen-bond donors (Lipinski definition) is 1. The van der Waals surface area contributed by atoms with Crippen LogP contribution in [-0.4, -0.2) is 36.6 Å². The lowest BCUT2D eigenvalue weighted by molar-refractivity contribution is 0.266. The van der Waals surface area contributed by atoms with E-state index in [-0.39, 0.29) is 0 Å². The van der Waals surface area contributed by atoms with Crippen molar-refractivity contribution in [3.63, 3.8) is 0 Å². The van der Waals surface area contributed by atoms with Gasteiger partial charge in [0.25, 0.3) is 0 Å². The van der Waals surface area contributed by atoms with Gasteiger partial charge in [0.15, 0.2) is 0 Å². The Morgan fingerprint density at radius 1 is 1.27 bits per heavy atom. The highest BCUT2D eigenvalue weighted by Crippen LogP contribution is 2.23. The lowest BCUT2D eigenvalue weighted by atomic mass is 10.0. The van der Waals surface area contributed by atoms with Gasteiger partial charge in [-0.05, 0) is 38.6 Å². The van der Waals surface area contributed by atoms with Crippen molar-refractivity contribution < 1.29 is 0 Å². The van der Waals surface area contributed by atoms with E-state index in [1.165, 1.54) is 0 Å². The van der Waals surface area contributed by atoms with Crippen LogP contribution in [0.1, 0.15) is 26.0 Å². The third kappa shape index (κ3) is 3.96. The zero-order valence-electron chi connectivity index (χ0n) is 13.8. The summed E-state index contributed by atoms with van der Waals surface area (Å²) in [7, 11) is 4.22. The first-order valence-corrected chi connectivity index (χ1v) is 7.71. The number of anilines is 1. The summed E-state index contributed by atoms with van der Waals surface area (Å²) >= 11 is 0. The van der Waals surface area contributed by atoms with Crippen LogP contribution < -0.4 is 5.32 Å². The molecule has 0 fully saturated rings. The van der Waals surface area contributed by atoms with Gasteiger partial charge in [-0.1, -0.05) is 32.0 Å². The van der Waals surface area contributed by atoms with Gasteiger partial charge in [-0.15, -0.1) is 0 Å². The van der Waals surface area contributed by atoms with Gasteiger partial charge in [0.1, 0.15) is 11.8 Å². The standard InChI is InChI=1S/C18H24N4/c1-13(2)9-15(22(3)4)12-20-18-10-14(11-19)21-17-8-6-5-7-16(17)18/h5-8,10,13,15H,9,12H2,1-4H3,(H,20,21). The van der Waals surface area contributed by atoms with Crippen LogP contribution in [0.5, 0.6) is 0 Å². The summed E-state index contributed by atoms with van der Waals surface area (Å²) < 4.78 is 0. The third-order valence-corrected chi connectivity index (χ3v) is 3.83. The molecule has 0 spiro atoms. The molecule has 1 heterocycles. The summed E-state index contributed by atoms with van der Waals surface area (Å²) in [6, 6.07) is 12.4. The van der Waals surface area contributed by atoms with Crippen LogP contribution in [0.2, 0.25) is 0 Å². The monoisotopic (exact) mass is 296 g/mol. The van der Waals surface area contributed by atoms with Crippen LogP contribution in [-0.2, 0) is 0 Å². The number of nitrogens with zero attached hydrogens (tertiary/aromatic N) is 3. The Morgan fingerprint density at radius 2 is 2.00 bits per heavy atom. The highest BCUT2D eigenvalue weighted by molar-refractivity contribution is 5.91. The van der Waals surface area contributed by atoms with E-state index < -0.39 is 0 Å². The van der Waals surface area contributed by atoms with Crippen molar-refractivity contribution in [1.82, 2.24) is 9.88 Å². The van der Waals surface area contributed by atoms with Crippen molar-refractivity contribution in [3.8, 4) is 6.07 Å². The number of nitriles is 1. The van der Waals surface area contributed by atoms with Crippen molar-refractivity contribution in [3.05, 3.63) is 36.0 Å². The summed E-state index contributed by atoms with van der Waals surface area (Å²) in [4.78, 5) is 6.61. The molecule has 1 aromatic carbocycles. The minimum absolute atomic E-state index is 0.450. The number of rotatable bonds is 6. The fraction of sp³-hybridized carbons (Fsp3) is 0.444. The summed E-state index contributed by atoms with van der Waals surface area (Å²) in [6.07, 6.45) is 1.13. The molecule has 0 bridgehead atoms. The van der Waals surface area contributed by atoms with E-state index >= 15 is 0 Å². The van der Waals surface area contributed by atoms with Crippen molar-refractivity contribution in [2.24, 2.45) is 5.92 Å². The van der Waals surface area contributed by atoms with Crippen molar-refractivity contribution in [1.29, 1.82) is 5.26 Å². The van der Waals surface area contributed by atoms with E-state index in [9.17, 15) is 0 Å². The quantitative estimate of drug-likeness (QED) is 0.886. The fourth-order valence-electron chi connectivity index (χ4n) is 2.63. The molecule has 1 unspecified atom stereocenters. The SMILES string of the molecule is CC(C)CC(CNc1cc(C#N)nc2ccccc12)N(C)C. The molecule has 0 saturated carbocycles. The smallest absolute Gasteiger partial charge is 0.143 e. The zero-order chi connectivity index (χ0) is 16.1. The minimum atomic E-state index is 0.450. The molecule has 22 heavy (non-hydrogen) atoms. The second kappa shape index (κ2) is 7.24. The predicted octanol–water partition coefficient (Wildman–Crippen LogP) is 3.49. The average molecular weight is 296 g/mol. The topological polar surface area (TPSA) is 52.0 Å². The molecule has 2 rings (SSSR count). The second-order valence-corrected chi connectivity index (χ2v) is 6.31. The molecule has 0 radical (unpaired) electrons. The predicted molar refractivity (Wildman–Crippen MR) is 91.9 cm³/mol. The Bertz CT molecular complexity index is 670. The van der Waals surface area contributed by atoms with E-state index in [1.807, 2.05) is 30.3 Å². The van der Waals surface area contributed by atoms with Gasteiger partial charge in [0.2, 0.25) is 0 Å². The second-order valence-electron chi connectivity index (χ2n) is 6.31. The number of hydrogen-bond acceptors (Lipinski definition) is 4. The van der Waals surface area contributed by atoms with Gasteiger partial charge in [-0.25, -0.2) is 4.98 Å². The number of aromatic nitrogens is 1. The van der Waals surface area contributed by atoms with Gasteiger partial charge in [0.05, 0.1) is 5.52 Å². The van der Waals surface area contributed by atoms with E-state index in [0.717, 1.165) is 29.6 Å². The van der Waals surface area contributed by atoms with Gasteiger partial charge in [0, 0.05) is 23.7 Å². The van der Waals surface area contributed by atoms with Crippen molar-refractivity contribution >= 4 is 16.6 Å². The van der Waals surface area contributed by atoms with Crippen LogP contribution >= 0.6 is 0 Å². The van der Waals surface area contributed by atoms with Crippen LogP contribution in [0.15, 0.2) is 30.3 Å². The first kappa shape index (κ1) is 16.3. The third-order valence-electron chi connectivity index (χ3n) is 3.83. The highest BCUT2D eigenvalue weighted by Gasteiger charge is 2.14. The molecule has 1 N–H and O–H groups in total. The highest BCUT2D eigenvalue weighted by atomic mass is 15.1. The number of pyridine rings is 1. The largest absolute Gasteiger partial charge is 0.383 e. The van der Waals surface area contributed by atoms with Crippen LogP contribution in [0.25, 0.3) is 10.9 Å². The van der Waals surface area contributed by atoms with E-state index in [4.69, 9.17) is 5.26 Å². The molecule has 0 aliphatic carbocycles. The summed E-state index contributed by atoms with van der Waals surface area (Å²) in [6.45, 7) is 5.34. The Labute approximate surface area is 132 Å². The Balaban J connectivity index is 2.25. The van der Waals surface area contributed by atoms with Crippen molar-refractivity contribution in [2.45, 2.75) is 26.3 Å². The molecule has 116 valence electrons. The van der Waals surface area contributed by atoms with Crippen molar-refractivity contribution in [2.75, 3.05) is 26.0 Å². The van der Waals surface area contributed by atoms with E-state index in [0.29, 0.717) is 17.7 Å². The summed E-state index contributed by atoms with van der Waals surface area (Å²) in [5.74, 6) is 0.651. The summed E-state index contributed by atoms with van der Waals surface area (Å²) in [5, 5.41) is 13.7. The molecule has 0 aliphatic heterocycles. The van der Waals surface area contributed by atoms with Crippen LogP contribution in [0.4, 0.5) is 5.69 Å². The maximum atomic E-state index is 9.16. The zero-order valence-corrected chi connectivity index (χ0v) is 13.8. The number of likely N-dealkylation sites (N-methyl/N-ethyl adjacent to an activating group) is 1. The Morgan fingerprint density at radius 3 is 2.64 bits per heavy atom. The number of fused-ring (bicyclic) bond motifs is 1. The van der Waals surface area contributed by atoms with Gasteiger partial charge in [-0.2, -0.15) is 5.26 Å². The van der Waals surface area contributed by atoms with Crippen LogP contribution in [0, 0.1) is 17.2 Å². The molecule has 4 nitrogen and oxygen atoms in total. The maximum Gasteiger partial charge on any atom is 0.143 e. The first-order valence-electron chi connectivity index (χ1n) is 7.71. The Hall–Kier alpha value is -2.12. The number of para-hydroxylation sites is 1. The van der Waals surface area contributed by atoms with Gasteiger partial charge >= 0.3 is 0 Å². The first-order chi connectivity index (χ1) is 10.5. The molecule has 1 aromatic heterocycles. The van der Waals surface area contributed by atoms with E-state index in [1.54, 1.807) is 0 Å². The molecule has 2 aromatic rings. The molecular formula is C18H24N4. The number of nitrogens with one attached hydrogen (secondary N) is 1. The molecule has 4 heteroatoms. The molecule has 0 amide bonds. The summed E-state index contributed by atoms with van der Waals surface area (Å²) in [5.41, 5.74) is 2.29. The number of benzene rings is 1. The van der Waals surface area contributed by atoms with Crippen LogP contribution in [0.3, 0.4) is 0 Å². The lowest BCUT2D eigenvalue weighted by Crippen LogP contribution is -2.35. The lowest BCUT2D eigenvalue weighted by Gasteiger charge is -2.27. The average Bonchev–Trinajstić information content (AvgIpc) is 2.50. The Kier molecular flexibility index (Phi) is 5.35.